The molecule has 0 radical (unpaired) electrons. The van der Waals surface area contributed by atoms with Crippen LogP contribution in [-0.2, 0) is 0 Å². The van der Waals surface area contributed by atoms with E-state index in [9.17, 15) is 0 Å². The lowest BCUT2D eigenvalue weighted by molar-refractivity contribution is 0.736. The Morgan fingerprint density at radius 2 is 2.53 bits per heavy atom. The quantitative estimate of drug-likeness (QED) is 0.849. The summed E-state index contributed by atoms with van der Waals surface area (Å²) in [6, 6.07) is 4.69. The minimum atomic E-state index is 0.659. The van der Waals surface area contributed by atoms with E-state index < -0.39 is 0 Å². The summed E-state index contributed by atoms with van der Waals surface area (Å²) in [5, 5.41) is 0. The van der Waals surface area contributed by atoms with Gasteiger partial charge in [-0.2, -0.15) is 11.8 Å². The molecule has 1 unspecified atom stereocenters. The summed E-state index contributed by atoms with van der Waals surface area (Å²) in [5.41, 5.74) is 0. The van der Waals surface area contributed by atoms with Crippen LogP contribution in [-0.4, -0.2) is 29.6 Å². The van der Waals surface area contributed by atoms with Crippen LogP contribution in [0.2, 0.25) is 0 Å². The van der Waals surface area contributed by atoms with Crippen molar-refractivity contribution in [2.45, 2.75) is 18.9 Å². The van der Waals surface area contributed by atoms with E-state index in [4.69, 9.17) is 0 Å². The van der Waals surface area contributed by atoms with Gasteiger partial charge in [0.25, 0.3) is 0 Å². The van der Waals surface area contributed by atoms with Gasteiger partial charge in [-0.15, -0.1) is 0 Å². The van der Waals surface area contributed by atoms with Gasteiger partial charge < -0.3 is 4.90 Å². The van der Waals surface area contributed by atoms with E-state index in [1.807, 2.05) is 24.0 Å². The van der Waals surface area contributed by atoms with Crippen molar-refractivity contribution in [3.8, 4) is 0 Å². The zero-order valence-corrected chi connectivity index (χ0v) is 11.2. The highest BCUT2D eigenvalue weighted by atomic mass is 79.9. The topological polar surface area (TPSA) is 16.1 Å². The predicted molar refractivity (Wildman–Crippen MR) is 70.7 cm³/mol. The molecule has 1 aromatic heterocycles. The lowest BCUT2D eigenvalue weighted by Crippen LogP contribution is -2.32. The van der Waals surface area contributed by atoms with E-state index in [0.717, 1.165) is 16.8 Å². The normalized spacial score (nSPS) is 20.9. The molecule has 1 saturated heterocycles. The summed E-state index contributed by atoms with van der Waals surface area (Å²) in [4.78, 5) is 6.89. The molecule has 1 aromatic rings. The first-order valence-electron chi connectivity index (χ1n) is 5.19. The van der Waals surface area contributed by atoms with E-state index in [2.05, 4.69) is 38.1 Å². The molecule has 0 amide bonds. The SMILES string of the molecule is CSCC1CCCN1c1ncccc1Br. The molecule has 1 atom stereocenters. The molecule has 2 rings (SSSR count). The largest absolute Gasteiger partial charge is 0.352 e. The molecule has 0 spiro atoms. The van der Waals surface area contributed by atoms with Gasteiger partial charge in [0.2, 0.25) is 0 Å². The number of pyridine rings is 1. The summed E-state index contributed by atoms with van der Waals surface area (Å²) in [5.74, 6) is 2.30. The van der Waals surface area contributed by atoms with Crippen LogP contribution in [0.25, 0.3) is 0 Å². The lowest BCUT2D eigenvalue weighted by Gasteiger charge is -2.25. The van der Waals surface area contributed by atoms with E-state index >= 15 is 0 Å². The smallest absolute Gasteiger partial charge is 0.143 e. The van der Waals surface area contributed by atoms with Crippen LogP contribution in [0.15, 0.2) is 22.8 Å². The van der Waals surface area contributed by atoms with Gasteiger partial charge in [-0.1, -0.05) is 0 Å². The standard InChI is InChI=1S/C11H15BrN2S/c1-15-8-9-4-3-7-14(9)11-10(12)5-2-6-13-11/h2,5-6,9H,3-4,7-8H2,1H3. The number of thioether (sulfide) groups is 1. The van der Waals surface area contributed by atoms with Crippen molar-refractivity contribution in [2.24, 2.45) is 0 Å². The summed E-state index contributed by atoms with van der Waals surface area (Å²) in [6.45, 7) is 1.14. The summed E-state index contributed by atoms with van der Waals surface area (Å²) < 4.78 is 1.11. The Morgan fingerprint density at radius 3 is 3.27 bits per heavy atom. The molecule has 0 N–H and O–H groups in total. The number of aromatic nitrogens is 1. The number of rotatable bonds is 3. The van der Waals surface area contributed by atoms with Gasteiger partial charge in [-0.3, -0.25) is 0 Å². The van der Waals surface area contributed by atoms with Crippen molar-refractivity contribution in [1.82, 2.24) is 4.98 Å². The monoisotopic (exact) mass is 286 g/mol. The van der Waals surface area contributed by atoms with Gasteiger partial charge in [0.15, 0.2) is 0 Å². The second-order valence-electron chi connectivity index (χ2n) is 3.75. The highest BCUT2D eigenvalue weighted by molar-refractivity contribution is 9.10. The van der Waals surface area contributed by atoms with Gasteiger partial charge in [0.1, 0.15) is 5.82 Å². The van der Waals surface area contributed by atoms with Crippen molar-refractivity contribution < 1.29 is 0 Å². The Labute approximate surface area is 104 Å². The molecule has 0 aliphatic carbocycles. The summed E-state index contributed by atoms with van der Waals surface area (Å²) in [7, 11) is 0. The molecule has 2 nitrogen and oxygen atoms in total. The second kappa shape index (κ2) is 5.21. The van der Waals surface area contributed by atoms with Crippen LogP contribution in [0, 0.1) is 0 Å². The third-order valence-electron chi connectivity index (χ3n) is 2.75. The Kier molecular flexibility index (Phi) is 3.92. The van der Waals surface area contributed by atoms with Gasteiger partial charge in [-0.25, -0.2) is 4.98 Å². The zero-order valence-electron chi connectivity index (χ0n) is 8.82. The second-order valence-corrected chi connectivity index (χ2v) is 5.52. The molecule has 0 aromatic carbocycles. The molecule has 4 heteroatoms. The van der Waals surface area contributed by atoms with Crippen LogP contribution in [0.1, 0.15) is 12.8 Å². The van der Waals surface area contributed by atoms with Gasteiger partial charge in [0.05, 0.1) is 4.47 Å². The average molecular weight is 287 g/mol. The first kappa shape index (κ1) is 11.3. The van der Waals surface area contributed by atoms with Crippen molar-refractivity contribution in [2.75, 3.05) is 23.5 Å². The van der Waals surface area contributed by atoms with Crippen LogP contribution < -0.4 is 4.90 Å². The highest BCUT2D eigenvalue weighted by Crippen LogP contribution is 2.30. The zero-order chi connectivity index (χ0) is 10.7. The minimum absolute atomic E-state index is 0.659. The minimum Gasteiger partial charge on any atom is -0.352 e. The maximum Gasteiger partial charge on any atom is 0.143 e. The Hall–Kier alpha value is -0.220. The molecular formula is C11H15BrN2S. The predicted octanol–water partition coefficient (Wildman–Crippen LogP) is 3.18. The summed E-state index contributed by atoms with van der Waals surface area (Å²) in [6.07, 6.45) is 6.62. The number of hydrogen-bond acceptors (Lipinski definition) is 3. The van der Waals surface area contributed by atoms with E-state index in [1.54, 1.807) is 0 Å². The maximum atomic E-state index is 4.46. The number of nitrogens with zero attached hydrogens (tertiary/aromatic N) is 2. The highest BCUT2D eigenvalue weighted by Gasteiger charge is 2.26. The average Bonchev–Trinajstić information content (AvgIpc) is 2.67. The van der Waals surface area contributed by atoms with Gasteiger partial charge in [0, 0.05) is 24.5 Å². The Bertz CT molecular complexity index is 332. The van der Waals surface area contributed by atoms with Crippen LogP contribution in [0.3, 0.4) is 0 Å². The van der Waals surface area contributed by atoms with Crippen LogP contribution in [0.5, 0.6) is 0 Å². The number of hydrogen-bond donors (Lipinski definition) is 0. The fourth-order valence-corrected chi connectivity index (χ4v) is 3.28. The van der Waals surface area contributed by atoms with E-state index in [-0.39, 0.29) is 0 Å². The fourth-order valence-electron chi connectivity index (χ4n) is 2.07. The van der Waals surface area contributed by atoms with Crippen molar-refractivity contribution in [3.05, 3.63) is 22.8 Å². The van der Waals surface area contributed by atoms with Crippen LogP contribution in [0.4, 0.5) is 5.82 Å². The Balaban J connectivity index is 2.19. The molecular weight excluding hydrogens is 272 g/mol. The molecule has 15 heavy (non-hydrogen) atoms. The maximum absolute atomic E-state index is 4.46. The summed E-state index contributed by atoms with van der Waals surface area (Å²) >= 11 is 5.49. The third-order valence-corrected chi connectivity index (χ3v) is 4.08. The first-order valence-corrected chi connectivity index (χ1v) is 7.37. The van der Waals surface area contributed by atoms with E-state index in [1.165, 1.54) is 18.6 Å². The van der Waals surface area contributed by atoms with Crippen molar-refractivity contribution >= 4 is 33.5 Å². The van der Waals surface area contributed by atoms with Gasteiger partial charge in [-0.05, 0) is 47.2 Å². The first-order chi connectivity index (χ1) is 7.33. The molecule has 1 fully saturated rings. The van der Waals surface area contributed by atoms with Crippen molar-refractivity contribution in [1.29, 1.82) is 0 Å². The van der Waals surface area contributed by atoms with Gasteiger partial charge >= 0.3 is 0 Å². The number of anilines is 1. The molecule has 82 valence electrons. The van der Waals surface area contributed by atoms with Crippen molar-refractivity contribution in [3.63, 3.8) is 0 Å². The number of halogens is 1. The molecule has 0 bridgehead atoms. The third kappa shape index (κ3) is 2.48. The molecule has 1 aliphatic heterocycles. The van der Waals surface area contributed by atoms with E-state index in [0.29, 0.717) is 6.04 Å². The fraction of sp³-hybridized carbons (Fsp3) is 0.545. The molecule has 2 heterocycles. The lowest BCUT2D eigenvalue weighted by atomic mass is 10.2. The molecule has 1 aliphatic rings. The Morgan fingerprint density at radius 1 is 1.67 bits per heavy atom. The van der Waals surface area contributed by atoms with Crippen LogP contribution >= 0.6 is 27.7 Å². The molecule has 0 saturated carbocycles.